The highest BCUT2D eigenvalue weighted by Gasteiger charge is 2.12. The van der Waals surface area contributed by atoms with E-state index in [1.807, 2.05) is 36.4 Å². The summed E-state index contributed by atoms with van der Waals surface area (Å²) in [6.45, 7) is 0. The summed E-state index contributed by atoms with van der Waals surface area (Å²) in [5.41, 5.74) is 3.05. The Hall–Kier alpha value is -4.17. The molecule has 3 aromatic carbocycles. The smallest absolute Gasteiger partial charge is 0.343 e. The van der Waals surface area contributed by atoms with Crippen molar-refractivity contribution >= 4 is 28.7 Å². The van der Waals surface area contributed by atoms with Gasteiger partial charge in [0, 0.05) is 5.56 Å². The maximum atomic E-state index is 12.4. The minimum atomic E-state index is -0.455. The highest BCUT2D eigenvalue weighted by atomic mass is 16.5. The number of allylic oxidation sites excluding steroid dienone is 1. The van der Waals surface area contributed by atoms with Gasteiger partial charge in [0.15, 0.2) is 0 Å². The highest BCUT2D eigenvalue weighted by molar-refractivity contribution is 5.94. The molecule has 0 aliphatic rings. The number of esters is 1. The highest BCUT2D eigenvalue weighted by Crippen LogP contribution is 2.25. The molecule has 0 aliphatic heterocycles. The Labute approximate surface area is 161 Å². The quantitative estimate of drug-likeness (QED) is 0.319. The average Bonchev–Trinajstić information content (AvgIpc) is 3.17. The van der Waals surface area contributed by atoms with Crippen molar-refractivity contribution in [2.75, 3.05) is 0 Å². The van der Waals surface area contributed by atoms with E-state index in [4.69, 9.17) is 4.74 Å². The van der Waals surface area contributed by atoms with Crippen LogP contribution in [0.4, 0.5) is 0 Å². The Morgan fingerprint density at radius 3 is 2.46 bits per heavy atom. The van der Waals surface area contributed by atoms with Gasteiger partial charge in [-0.3, -0.25) is 0 Å². The molecule has 4 rings (SSSR count). The van der Waals surface area contributed by atoms with Crippen LogP contribution in [0, 0.1) is 11.3 Å². The lowest BCUT2D eigenvalue weighted by Gasteiger charge is -2.07. The van der Waals surface area contributed by atoms with Crippen molar-refractivity contribution in [2.45, 2.75) is 0 Å². The minimum Gasteiger partial charge on any atom is -0.422 e. The Balaban J connectivity index is 1.68. The van der Waals surface area contributed by atoms with Gasteiger partial charge in [0.05, 0.1) is 22.2 Å². The van der Waals surface area contributed by atoms with Crippen LogP contribution in [0.5, 0.6) is 5.75 Å². The summed E-state index contributed by atoms with van der Waals surface area (Å²) in [5, 5.41) is 9.63. The zero-order valence-electron chi connectivity index (χ0n) is 14.8. The summed E-state index contributed by atoms with van der Waals surface area (Å²) in [6, 6.07) is 25.6. The molecule has 0 atom stereocenters. The average molecular weight is 365 g/mol. The SMILES string of the molecule is N#C/C(=C\c1ccccc1OC(=O)c1ccccc1)c1nc2ccccc2[nH]1. The second kappa shape index (κ2) is 7.60. The molecule has 0 fully saturated rings. The van der Waals surface area contributed by atoms with E-state index in [2.05, 4.69) is 16.0 Å². The van der Waals surface area contributed by atoms with Gasteiger partial charge in [0.2, 0.25) is 0 Å². The summed E-state index contributed by atoms with van der Waals surface area (Å²) < 4.78 is 5.55. The number of ether oxygens (including phenoxy) is 1. The fourth-order valence-electron chi connectivity index (χ4n) is 2.82. The molecule has 0 saturated heterocycles. The monoisotopic (exact) mass is 365 g/mol. The summed E-state index contributed by atoms with van der Waals surface area (Å²) in [7, 11) is 0. The van der Waals surface area contributed by atoms with Crippen LogP contribution >= 0.6 is 0 Å². The number of hydrogen-bond donors (Lipinski definition) is 1. The number of benzene rings is 3. The van der Waals surface area contributed by atoms with E-state index in [0.717, 1.165) is 11.0 Å². The van der Waals surface area contributed by atoms with Crippen LogP contribution in [0.25, 0.3) is 22.7 Å². The molecule has 28 heavy (non-hydrogen) atoms. The molecule has 1 N–H and O–H groups in total. The molecule has 0 saturated carbocycles. The standard InChI is InChI=1S/C23H15N3O2/c24-15-18(22-25-19-11-5-6-12-20(19)26-22)14-17-10-4-7-13-21(17)28-23(27)16-8-2-1-3-9-16/h1-14H,(H,25,26)/b18-14+. The van der Waals surface area contributed by atoms with Crippen LogP contribution in [0.1, 0.15) is 21.7 Å². The van der Waals surface area contributed by atoms with Crippen molar-refractivity contribution in [3.63, 3.8) is 0 Å². The van der Waals surface area contributed by atoms with E-state index in [9.17, 15) is 10.1 Å². The molecule has 0 aliphatic carbocycles. The van der Waals surface area contributed by atoms with E-state index in [0.29, 0.717) is 28.3 Å². The lowest BCUT2D eigenvalue weighted by atomic mass is 10.1. The number of fused-ring (bicyclic) bond motifs is 1. The molecule has 5 heteroatoms. The van der Waals surface area contributed by atoms with Gasteiger partial charge in [0.1, 0.15) is 17.6 Å². The van der Waals surface area contributed by atoms with E-state index >= 15 is 0 Å². The fraction of sp³-hybridized carbons (Fsp3) is 0. The van der Waals surface area contributed by atoms with Gasteiger partial charge in [-0.15, -0.1) is 0 Å². The van der Waals surface area contributed by atoms with Crippen LogP contribution in [-0.4, -0.2) is 15.9 Å². The largest absolute Gasteiger partial charge is 0.422 e. The third-order valence-corrected chi connectivity index (χ3v) is 4.20. The van der Waals surface area contributed by atoms with Crippen molar-refractivity contribution < 1.29 is 9.53 Å². The van der Waals surface area contributed by atoms with Crippen LogP contribution in [0.15, 0.2) is 78.9 Å². The number of nitriles is 1. The van der Waals surface area contributed by atoms with Gasteiger partial charge in [-0.25, -0.2) is 9.78 Å². The summed E-state index contributed by atoms with van der Waals surface area (Å²) in [6.07, 6.45) is 1.66. The summed E-state index contributed by atoms with van der Waals surface area (Å²) in [5.74, 6) is 0.386. The molecular weight excluding hydrogens is 350 g/mol. The van der Waals surface area contributed by atoms with Crippen molar-refractivity contribution in [2.24, 2.45) is 0 Å². The molecule has 0 spiro atoms. The predicted octanol–water partition coefficient (Wildman–Crippen LogP) is 4.85. The van der Waals surface area contributed by atoms with E-state index < -0.39 is 5.97 Å². The molecule has 134 valence electrons. The van der Waals surface area contributed by atoms with E-state index in [-0.39, 0.29) is 0 Å². The van der Waals surface area contributed by atoms with Crippen molar-refractivity contribution in [3.05, 3.63) is 95.8 Å². The minimum absolute atomic E-state index is 0.347. The number of rotatable bonds is 4. The third-order valence-electron chi connectivity index (χ3n) is 4.20. The number of carbonyl (C=O) groups is 1. The Kier molecular flexibility index (Phi) is 4.68. The molecule has 0 radical (unpaired) electrons. The van der Waals surface area contributed by atoms with E-state index in [1.165, 1.54) is 0 Å². The lowest BCUT2D eigenvalue weighted by Crippen LogP contribution is -2.08. The van der Waals surface area contributed by atoms with Crippen molar-refractivity contribution in [1.82, 2.24) is 9.97 Å². The van der Waals surface area contributed by atoms with Crippen LogP contribution in [-0.2, 0) is 0 Å². The first-order valence-electron chi connectivity index (χ1n) is 8.68. The van der Waals surface area contributed by atoms with Gasteiger partial charge >= 0.3 is 5.97 Å². The molecule has 0 bridgehead atoms. The Morgan fingerprint density at radius 1 is 0.964 bits per heavy atom. The van der Waals surface area contributed by atoms with Gasteiger partial charge in [-0.05, 0) is 36.4 Å². The molecule has 1 heterocycles. The van der Waals surface area contributed by atoms with E-state index in [1.54, 1.807) is 48.5 Å². The third kappa shape index (κ3) is 3.53. The molecular formula is C23H15N3O2. The van der Waals surface area contributed by atoms with Gasteiger partial charge in [-0.2, -0.15) is 5.26 Å². The maximum Gasteiger partial charge on any atom is 0.343 e. The molecule has 1 aromatic heterocycles. The molecule has 0 amide bonds. The second-order valence-corrected chi connectivity index (χ2v) is 6.07. The first-order chi connectivity index (χ1) is 13.7. The maximum absolute atomic E-state index is 12.4. The van der Waals surface area contributed by atoms with Gasteiger partial charge < -0.3 is 9.72 Å². The number of carbonyl (C=O) groups excluding carboxylic acids is 1. The summed E-state index contributed by atoms with van der Waals surface area (Å²) >= 11 is 0. The number of nitrogens with one attached hydrogen (secondary N) is 1. The first kappa shape index (κ1) is 17.3. The number of aromatic nitrogens is 2. The zero-order valence-corrected chi connectivity index (χ0v) is 14.8. The normalized spacial score (nSPS) is 11.2. The molecule has 5 nitrogen and oxygen atoms in total. The number of aromatic amines is 1. The zero-order chi connectivity index (χ0) is 19.3. The molecule has 4 aromatic rings. The van der Waals surface area contributed by atoms with Gasteiger partial charge in [-0.1, -0.05) is 48.5 Å². The number of para-hydroxylation sites is 3. The number of imidazole rings is 1. The van der Waals surface area contributed by atoms with Crippen molar-refractivity contribution in [1.29, 1.82) is 5.26 Å². The van der Waals surface area contributed by atoms with Crippen LogP contribution < -0.4 is 4.74 Å². The van der Waals surface area contributed by atoms with Crippen LogP contribution in [0.3, 0.4) is 0 Å². The van der Waals surface area contributed by atoms with Crippen molar-refractivity contribution in [3.8, 4) is 11.8 Å². The Morgan fingerprint density at radius 2 is 1.68 bits per heavy atom. The Bertz CT molecular complexity index is 1180. The second-order valence-electron chi connectivity index (χ2n) is 6.07. The number of hydrogen-bond acceptors (Lipinski definition) is 4. The lowest BCUT2D eigenvalue weighted by molar-refractivity contribution is 0.0734. The number of nitrogens with zero attached hydrogens (tertiary/aromatic N) is 2. The predicted molar refractivity (Wildman–Crippen MR) is 107 cm³/mol. The summed E-state index contributed by atoms with van der Waals surface area (Å²) in [4.78, 5) is 20.0. The topological polar surface area (TPSA) is 78.8 Å². The first-order valence-corrected chi connectivity index (χ1v) is 8.68. The molecule has 0 unspecified atom stereocenters. The van der Waals surface area contributed by atoms with Gasteiger partial charge in [0.25, 0.3) is 0 Å². The number of H-pyrrole nitrogens is 1. The fourth-order valence-corrected chi connectivity index (χ4v) is 2.82. The van der Waals surface area contributed by atoms with Crippen LogP contribution in [0.2, 0.25) is 0 Å².